The van der Waals surface area contributed by atoms with Crippen LogP contribution in [0.3, 0.4) is 0 Å². The fourth-order valence-corrected chi connectivity index (χ4v) is 1.30. The summed E-state index contributed by atoms with van der Waals surface area (Å²) in [7, 11) is 0. The van der Waals surface area contributed by atoms with Gasteiger partial charge >= 0.3 is 0 Å². The monoisotopic (exact) mass is 203 g/mol. The summed E-state index contributed by atoms with van der Waals surface area (Å²) in [6.07, 6.45) is 5.84. The third kappa shape index (κ3) is 2.86. The molecular weight excluding hydrogens is 190 g/mol. The predicted molar refractivity (Wildman–Crippen MR) is 59.9 cm³/mol. The molecule has 0 fully saturated rings. The van der Waals surface area contributed by atoms with Gasteiger partial charge in [0.2, 0.25) is 0 Å². The summed E-state index contributed by atoms with van der Waals surface area (Å²) in [5, 5.41) is 0. The van der Waals surface area contributed by atoms with E-state index in [1.807, 2.05) is 6.08 Å². The van der Waals surface area contributed by atoms with Crippen LogP contribution in [0.1, 0.15) is 32.7 Å². The Bertz CT molecular complexity index is 357. The molecular formula is C12H13NO2. The van der Waals surface area contributed by atoms with E-state index in [2.05, 4.69) is 0 Å². The lowest BCUT2D eigenvalue weighted by Gasteiger charge is -2.01. The summed E-state index contributed by atoms with van der Waals surface area (Å²) in [6.45, 7) is 0.552. The van der Waals surface area contributed by atoms with E-state index >= 15 is 0 Å². The van der Waals surface area contributed by atoms with Crippen molar-refractivity contribution in [2.24, 2.45) is 5.73 Å². The van der Waals surface area contributed by atoms with E-state index in [0.29, 0.717) is 23.2 Å². The van der Waals surface area contributed by atoms with E-state index in [-0.39, 0.29) is 0 Å². The van der Waals surface area contributed by atoms with Gasteiger partial charge in [-0.3, -0.25) is 9.59 Å². The van der Waals surface area contributed by atoms with Crippen LogP contribution in [0.15, 0.2) is 24.3 Å². The topological polar surface area (TPSA) is 60.2 Å². The maximum Gasteiger partial charge on any atom is 0.150 e. The van der Waals surface area contributed by atoms with Gasteiger partial charge in [0.05, 0.1) is 0 Å². The van der Waals surface area contributed by atoms with Gasteiger partial charge in [0.25, 0.3) is 0 Å². The molecule has 0 aromatic heterocycles. The molecule has 0 aliphatic heterocycles. The summed E-state index contributed by atoms with van der Waals surface area (Å²) < 4.78 is 0. The van der Waals surface area contributed by atoms with Crippen molar-refractivity contribution in [3.63, 3.8) is 0 Å². The van der Waals surface area contributed by atoms with Crippen LogP contribution in [0.4, 0.5) is 0 Å². The first-order chi connectivity index (χ1) is 7.33. The van der Waals surface area contributed by atoms with Crippen LogP contribution in [0.5, 0.6) is 0 Å². The minimum atomic E-state index is 0.521. The third-order valence-electron chi connectivity index (χ3n) is 2.05. The average Bonchev–Trinajstić information content (AvgIpc) is 2.29. The first-order valence-corrected chi connectivity index (χ1v) is 4.73. The highest BCUT2D eigenvalue weighted by Gasteiger charge is 2.03. The minimum absolute atomic E-state index is 0.521. The van der Waals surface area contributed by atoms with Crippen molar-refractivity contribution >= 4 is 18.6 Å². The van der Waals surface area contributed by atoms with Gasteiger partial charge in [0, 0.05) is 11.1 Å². The van der Waals surface area contributed by atoms with Gasteiger partial charge in [-0.1, -0.05) is 30.4 Å². The Hall–Kier alpha value is -1.74. The van der Waals surface area contributed by atoms with Gasteiger partial charge in [0.1, 0.15) is 0 Å². The Kier molecular flexibility index (Phi) is 4.44. The molecule has 0 atom stereocenters. The Morgan fingerprint density at radius 2 is 1.73 bits per heavy atom. The summed E-state index contributed by atoms with van der Waals surface area (Å²) in [4.78, 5) is 21.5. The molecule has 0 aliphatic rings. The second kappa shape index (κ2) is 5.88. The molecule has 0 bridgehead atoms. The lowest BCUT2D eigenvalue weighted by Crippen LogP contribution is -1.96. The van der Waals surface area contributed by atoms with Crippen LogP contribution in [0.25, 0.3) is 6.08 Å². The molecule has 0 spiro atoms. The van der Waals surface area contributed by atoms with Gasteiger partial charge in [-0.15, -0.1) is 0 Å². The summed E-state index contributed by atoms with van der Waals surface area (Å²) >= 11 is 0. The molecule has 0 unspecified atom stereocenters. The Labute approximate surface area is 88.6 Å². The maximum absolute atomic E-state index is 10.8. The van der Waals surface area contributed by atoms with E-state index in [4.69, 9.17) is 5.73 Å². The molecule has 15 heavy (non-hydrogen) atoms. The second-order valence-electron chi connectivity index (χ2n) is 3.07. The van der Waals surface area contributed by atoms with Gasteiger partial charge < -0.3 is 5.73 Å². The molecule has 3 heteroatoms. The Morgan fingerprint density at radius 3 is 2.20 bits per heavy atom. The van der Waals surface area contributed by atoms with Gasteiger partial charge in [-0.2, -0.15) is 0 Å². The zero-order valence-corrected chi connectivity index (χ0v) is 8.35. The highest BCUT2D eigenvalue weighted by molar-refractivity contribution is 5.90. The molecule has 0 saturated carbocycles. The molecule has 1 aromatic rings. The smallest absolute Gasteiger partial charge is 0.150 e. The normalized spacial score (nSPS) is 10.5. The highest BCUT2D eigenvalue weighted by atomic mass is 16.1. The summed E-state index contributed by atoms with van der Waals surface area (Å²) in [5.41, 5.74) is 7.05. The number of hydrogen-bond donors (Lipinski definition) is 1. The van der Waals surface area contributed by atoms with E-state index < -0.39 is 0 Å². The Morgan fingerprint density at radius 1 is 1.13 bits per heavy atom. The van der Waals surface area contributed by atoms with E-state index in [1.54, 1.807) is 24.3 Å². The molecule has 3 nitrogen and oxygen atoms in total. The lowest BCUT2D eigenvalue weighted by atomic mass is 10.0. The van der Waals surface area contributed by atoms with Crippen molar-refractivity contribution < 1.29 is 9.59 Å². The number of nitrogens with two attached hydrogens (primary N) is 1. The number of carbonyl (C=O) groups is 2. The van der Waals surface area contributed by atoms with Crippen LogP contribution in [0, 0.1) is 0 Å². The summed E-state index contributed by atoms with van der Waals surface area (Å²) in [6, 6.07) is 5.05. The van der Waals surface area contributed by atoms with Crippen LogP contribution < -0.4 is 5.73 Å². The molecule has 2 N–H and O–H groups in total. The van der Waals surface area contributed by atoms with E-state index in [0.717, 1.165) is 19.0 Å². The van der Waals surface area contributed by atoms with Crippen molar-refractivity contribution in [1.82, 2.24) is 0 Å². The van der Waals surface area contributed by atoms with Crippen LogP contribution in [0.2, 0.25) is 0 Å². The Balaban J connectivity index is 3.10. The molecule has 0 heterocycles. The number of hydrogen-bond acceptors (Lipinski definition) is 3. The van der Waals surface area contributed by atoms with Crippen LogP contribution >= 0.6 is 0 Å². The molecule has 0 amide bonds. The molecule has 78 valence electrons. The fourth-order valence-electron chi connectivity index (χ4n) is 1.30. The van der Waals surface area contributed by atoms with Crippen molar-refractivity contribution in [3.05, 3.63) is 41.0 Å². The zero-order valence-electron chi connectivity index (χ0n) is 8.35. The number of aldehydes is 2. The quantitative estimate of drug-likeness (QED) is 0.740. The maximum atomic E-state index is 10.8. The molecule has 1 rings (SSSR count). The predicted octanol–water partition coefficient (Wildman–Crippen LogP) is 1.67. The lowest BCUT2D eigenvalue weighted by molar-refractivity contribution is 0.112. The largest absolute Gasteiger partial charge is 0.330 e. The number of carbonyl (C=O) groups excluding carboxylic acids is 2. The number of benzene rings is 1. The van der Waals surface area contributed by atoms with Crippen molar-refractivity contribution in [2.45, 2.75) is 6.42 Å². The van der Waals surface area contributed by atoms with Crippen molar-refractivity contribution in [2.75, 3.05) is 6.54 Å². The first kappa shape index (κ1) is 11.3. The number of rotatable bonds is 5. The zero-order chi connectivity index (χ0) is 11.1. The first-order valence-electron chi connectivity index (χ1n) is 4.73. The van der Waals surface area contributed by atoms with Crippen molar-refractivity contribution in [3.8, 4) is 0 Å². The van der Waals surface area contributed by atoms with E-state index in [1.165, 1.54) is 0 Å². The fraction of sp³-hybridized carbons (Fsp3) is 0.167. The summed E-state index contributed by atoms with van der Waals surface area (Å²) in [5.74, 6) is 0. The molecule has 1 aromatic carbocycles. The van der Waals surface area contributed by atoms with E-state index in [9.17, 15) is 9.59 Å². The van der Waals surface area contributed by atoms with Crippen molar-refractivity contribution in [1.29, 1.82) is 0 Å². The van der Waals surface area contributed by atoms with Gasteiger partial charge in [-0.25, -0.2) is 0 Å². The highest BCUT2D eigenvalue weighted by Crippen LogP contribution is 2.14. The van der Waals surface area contributed by atoms with Crippen LogP contribution in [-0.2, 0) is 0 Å². The average molecular weight is 203 g/mol. The molecule has 0 radical (unpaired) electrons. The molecule has 0 saturated heterocycles. The third-order valence-corrected chi connectivity index (χ3v) is 2.05. The van der Waals surface area contributed by atoms with Gasteiger partial charge in [0.15, 0.2) is 12.6 Å². The molecule has 0 aliphatic carbocycles. The van der Waals surface area contributed by atoms with Crippen LogP contribution in [-0.4, -0.2) is 19.1 Å². The standard InChI is InChI=1S/C12H13NO2/c13-7-2-1-6-12-10(8-14)4-3-5-11(12)9-15/h1,3-6,8-9H,2,7,13H2. The SMILES string of the molecule is NCCC=Cc1c(C=O)cccc1C=O. The minimum Gasteiger partial charge on any atom is -0.330 e. The second-order valence-corrected chi connectivity index (χ2v) is 3.07. The van der Waals surface area contributed by atoms with Gasteiger partial charge in [-0.05, 0) is 18.5 Å².